The maximum atomic E-state index is 12.6. The van der Waals surface area contributed by atoms with Gasteiger partial charge in [-0.15, -0.1) is 0 Å². The van der Waals surface area contributed by atoms with Crippen LogP contribution < -0.4 is 20.1 Å². The number of fused-ring (bicyclic) bond motifs is 2. The molecule has 2 aliphatic rings. The molecule has 33 heavy (non-hydrogen) atoms. The summed E-state index contributed by atoms with van der Waals surface area (Å²) in [4.78, 5) is 27.3. The van der Waals surface area contributed by atoms with Crippen molar-refractivity contribution in [2.24, 2.45) is 0 Å². The highest BCUT2D eigenvalue weighted by molar-refractivity contribution is 6.39. The maximum Gasteiger partial charge on any atom is 0.313 e. The zero-order valence-corrected chi connectivity index (χ0v) is 18.1. The lowest BCUT2D eigenvalue weighted by Gasteiger charge is -2.34. The van der Waals surface area contributed by atoms with E-state index < -0.39 is 11.8 Å². The Morgan fingerprint density at radius 3 is 2.58 bits per heavy atom. The van der Waals surface area contributed by atoms with E-state index in [0.717, 1.165) is 25.3 Å². The highest BCUT2D eigenvalue weighted by atomic mass is 16.6. The minimum atomic E-state index is -0.742. The van der Waals surface area contributed by atoms with Crippen molar-refractivity contribution in [1.82, 2.24) is 10.2 Å². The van der Waals surface area contributed by atoms with Gasteiger partial charge in [0, 0.05) is 31.4 Å². The summed E-state index contributed by atoms with van der Waals surface area (Å²) in [5.74, 6) is 0.463. The molecule has 5 rings (SSSR count). The summed E-state index contributed by atoms with van der Waals surface area (Å²) in [6.07, 6.45) is 2.54. The molecule has 0 unspecified atom stereocenters. The van der Waals surface area contributed by atoms with Gasteiger partial charge < -0.3 is 24.5 Å². The first-order valence-corrected chi connectivity index (χ1v) is 11.0. The van der Waals surface area contributed by atoms with Gasteiger partial charge in [0.05, 0.1) is 12.3 Å². The number of rotatable bonds is 5. The standard InChI is InChI=1S/C25H25N3O5/c29-24(25(30)27-19-7-8-22-23(14-19)33-13-12-32-22)26-15-20(21-6-3-11-31-21)28-10-9-17-4-1-2-5-18(17)16-28/h1-8,11,14,20H,9-10,12-13,15-16H2,(H,26,29)(H,27,30)/t20-/m1/s1. The van der Waals surface area contributed by atoms with Crippen LogP contribution in [0.5, 0.6) is 11.5 Å². The third kappa shape index (κ3) is 4.70. The van der Waals surface area contributed by atoms with E-state index in [0.29, 0.717) is 30.4 Å². The topological polar surface area (TPSA) is 93.0 Å². The molecular formula is C25H25N3O5. The Labute approximate surface area is 191 Å². The smallest absolute Gasteiger partial charge is 0.313 e. The molecule has 8 heteroatoms. The molecule has 1 atom stereocenters. The normalized spacial score (nSPS) is 15.9. The molecule has 2 amide bonds. The van der Waals surface area contributed by atoms with Crippen LogP contribution in [-0.4, -0.2) is 43.0 Å². The van der Waals surface area contributed by atoms with Gasteiger partial charge in [-0.05, 0) is 41.8 Å². The number of anilines is 1. The zero-order chi connectivity index (χ0) is 22.6. The Balaban J connectivity index is 1.23. The van der Waals surface area contributed by atoms with E-state index >= 15 is 0 Å². The maximum absolute atomic E-state index is 12.6. The lowest BCUT2D eigenvalue weighted by atomic mass is 9.98. The highest BCUT2D eigenvalue weighted by Gasteiger charge is 2.28. The van der Waals surface area contributed by atoms with Gasteiger partial charge in [-0.25, -0.2) is 0 Å². The minimum absolute atomic E-state index is 0.181. The molecule has 2 N–H and O–H groups in total. The number of carbonyl (C=O) groups is 2. The average Bonchev–Trinajstić information content (AvgIpc) is 3.38. The SMILES string of the molecule is O=C(NC[C@H](c1ccco1)N1CCc2ccccc2C1)C(=O)Nc1ccc2c(c1)OCCO2. The van der Waals surface area contributed by atoms with Crippen LogP contribution in [0.4, 0.5) is 5.69 Å². The van der Waals surface area contributed by atoms with E-state index in [2.05, 4.69) is 33.7 Å². The van der Waals surface area contributed by atoms with Gasteiger partial charge in [-0.2, -0.15) is 0 Å². The summed E-state index contributed by atoms with van der Waals surface area (Å²) in [7, 11) is 0. The van der Waals surface area contributed by atoms with Crippen molar-refractivity contribution in [2.75, 3.05) is 31.6 Å². The van der Waals surface area contributed by atoms with E-state index in [-0.39, 0.29) is 12.6 Å². The third-order valence-corrected chi connectivity index (χ3v) is 5.93. The highest BCUT2D eigenvalue weighted by Crippen LogP contribution is 2.32. The van der Waals surface area contributed by atoms with Gasteiger partial charge >= 0.3 is 11.8 Å². The fourth-order valence-electron chi connectivity index (χ4n) is 4.25. The zero-order valence-electron chi connectivity index (χ0n) is 18.1. The van der Waals surface area contributed by atoms with Gasteiger partial charge in [-0.1, -0.05) is 24.3 Å². The first-order chi connectivity index (χ1) is 16.2. The van der Waals surface area contributed by atoms with Crippen LogP contribution in [0, 0.1) is 0 Å². The number of hydrogen-bond acceptors (Lipinski definition) is 6. The molecule has 0 radical (unpaired) electrons. The number of ether oxygens (including phenoxy) is 2. The Hall–Kier alpha value is -3.78. The molecule has 2 aromatic carbocycles. The second-order valence-corrected chi connectivity index (χ2v) is 8.04. The largest absolute Gasteiger partial charge is 0.486 e. The van der Waals surface area contributed by atoms with E-state index in [1.54, 1.807) is 24.5 Å². The molecule has 8 nitrogen and oxygen atoms in total. The van der Waals surface area contributed by atoms with Crippen molar-refractivity contribution >= 4 is 17.5 Å². The second kappa shape index (κ2) is 9.38. The molecule has 0 saturated heterocycles. The first-order valence-electron chi connectivity index (χ1n) is 11.0. The number of amides is 2. The fourth-order valence-corrected chi connectivity index (χ4v) is 4.25. The number of nitrogens with one attached hydrogen (secondary N) is 2. The Bertz CT molecular complexity index is 1140. The monoisotopic (exact) mass is 447 g/mol. The van der Waals surface area contributed by atoms with Gasteiger partial charge in [-0.3, -0.25) is 14.5 Å². The van der Waals surface area contributed by atoms with Crippen molar-refractivity contribution in [1.29, 1.82) is 0 Å². The van der Waals surface area contributed by atoms with Crippen LogP contribution in [0.3, 0.4) is 0 Å². The predicted octanol–water partition coefficient (Wildman–Crippen LogP) is 2.91. The van der Waals surface area contributed by atoms with E-state index in [1.807, 2.05) is 18.2 Å². The van der Waals surface area contributed by atoms with Crippen molar-refractivity contribution in [2.45, 2.75) is 19.0 Å². The predicted molar refractivity (Wildman–Crippen MR) is 121 cm³/mol. The van der Waals surface area contributed by atoms with E-state index in [4.69, 9.17) is 13.9 Å². The van der Waals surface area contributed by atoms with Crippen LogP contribution in [0.15, 0.2) is 65.3 Å². The number of benzene rings is 2. The van der Waals surface area contributed by atoms with E-state index in [9.17, 15) is 9.59 Å². The lowest BCUT2D eigenvalue weighted by molar-refractivity contribution is -0.136. The summed E-state index contributed by atoms with van der Waals surface area (Å²) >= 11 is 0. The van der Waals surface area contributed by atoms with Crippen LogP contribution >= 0.6 is 0 Å². The summed E-state index contributed by atoms with van der Waals surface area (Å²) in [6, 6.07) is 16.9. The molecule has 0 aliphatic carbocycles. The minimum Gasteiger partial charge on any atom is -0.486 e. The van der Waals surface area contributed by atoms with Crippen LogP contribution in [0.1, 0.15) is 22.9 Å². The summed E-state index contributed by atoms with van der Waals surface area (Å²) in [6.45, 7) is 2.77. The Morgan fingerprint density at radius 2 is 1.76 bits per heavy atom. The van der Waals surface area contributed by atoms with Crippen molar-refractivity contribution in [3.63, 3.8) is 0 Å². The molecule has 0 fully saturated rings. The molecule has 170 valence electrons. The quantitative estimate of drug-likeness (QED) is 0.585. The summed E-state index contributed by atoms with van der Waals surface area (Å²) in [5.41, 5.74) is 3.08. The lowest BCUT2D eigenvalue weighted by Crippen LogP contribution is -2.43. The molecule has 3 heterocycles. The Morgan fingerprint density at radius 1 is 0.939 bits per heavy atom. The number of furan rings is 1. The van der Waals surface area contributed by atoms with Gasteiger partial charge in [0.25, 0.3) is 0 Å². The van der Waals surface area contributed by atoms with E-state index in [1.165, 1.54) is 11.1 Å². The number of nitrogens with zero attached hydrogens (tertiary/aromatic N) is 1. The van der Waals surface area contributed by atoms with Crippen LogP contribution in [0.2, 0.25) is 0 Å². The van der Waals surface area contributed by atoms with Gasteiger partial charge in [0.15, 0.2) is 11.5 Å². The van der Waals surface area contributed by atoms with Crippen molar-refractivity contribution in [3.8, 4) is 11.5 Å². The van der Waals surface area contributed by atoms with Gasteiger partial charge in [0.1, 0.15) is 19.0 Å². The van der Waals surface area contributed by atoms with Gasteiger partial charge in [0.2, 0.25) is 0 Å². The molecule has 2 aliphatic heterocycles. The molecule has 1 aromatic heterocycles. The molecule has 0 saturated carbocycles. The van der Waals surface area contributed by atoms with Crippen LogP contribution in [0.25, 0.3) is 0 Å². The fraction of sp³-hybridized carbons (Fsp3) is 0.280. The second-order valence-electron chi connectivity index (χ2n) is 8.04. The summed E-state index contributed by atoms with van der Waals surface area (Å²) < 4.78 is 16.7. The number of carbonyl (C=O) groups excluding carboxylic acids is 2. The molecule has 0 spiro atoms. The van der Waals surface area contributed by atoms with Crippen molar-refractivity contribution < 1.29 is 23.5 Å². The van der Waals surface area contributed by atoms with Crippen LogP contribution in [-0.2, 0) is 22.6 Å². The number of hydrogen-bond donors (Lipinski definition) is 2. The Kier molecular flexibility index (Phi) is 5.99. The molecular weight excluding hydrogens is 422 g/mol. The third-order valence-electron chi connectivity index (χ3n) is 5.93. The first kappa shape index (κ1) is 21.1. The molecule has 3 aromatic rings. The van der Waals surface area contributed by atoms with Crippen molar-refractivity contribution in [3.05, 3.63) is 77.7 Å². The average molecular weight is 447 g/mol. The molecule has 0 bridgehead atoms. The summed E-state index contributed by atoms with van der Waals surface area (Å²) in [5, 5.41) is 5.39.